The van der Waals surface area contributed by atoms with Gasteiger partial charge in [0, 0.05) is 5.56 Å². The highest BCUT2D eigenvalue weighted by Gasteiger charge is 2.37. The second-order valence-electron chi connectivity index (χ2n) is 7.81. The van der Waals surface area contributed by atoms with Gasteiger partial charge in [-0.25, -0.2) is 0 Å². The van der Waals surface area contributed by atoms with E-state index in [9.17, 15) is 0 Å². The fourth-order valence-electron chi connectivity index (χ4n) is 3.12. The van der Waals surface area contributed by atoms with Gasteiger partial charge in [0.1, 0.15) is 5.54 Å². The van der Waals surface area contributed by atoms with Gasteiger partial charge in [-0.2, -0.15) is 0 Å². The van der Waals surface area contributed by atoms with Gasteiger partial charge >= 0.3 is 0 Å². The van der Waals surface area contributed by atoms with Crippen molar-refractivity contribution < 1.29 is 9.96 Å². The fraction of sp³-hybridized carbons (Fsp3) is 0.714. The number of nitrogens with zero attached hydrogens (tertiary/aromatic N) is 1. The Morgan fingerprint density at radius 1 is 0.783 bits per heavy atom. The second kappa shape index (κ2) is 10.8. The van der Waals surface area contributed by atoms with Crippen LogP contribution in [-0.4, -0.2) is 30.6 Å². The summed E-state index contributed by atoms with van der Waals surface area (Å²) < 4.78 is 1.06. The number of rotatable bonds is 11. The highest BCUT2D eigenvalue weighted by Crippen LogP contribution is 2.32. The molecule has 0 aliphatic carbocycles. The van der Waals surface area contributed by atoms with E-state index in [1.54, 1.807) is 0 Å². The minimum Gasteiger partial charge on any atom is -0.870 e. The monoisotopic (exact) mass is 321 g/mol. The van der Waals surface area contributed by atoms with Crippen LogP contribution in [0.2, 0.25) is 0 Å². The lowest BCUT2D eigenvalue weighted by Gasteiger charge is -2.45. The lowest BCUT2D eigenvalue weighted by Crippen LogP contribution is -2.54. The van der Waals surface area contributed by atoms with E-state index in [1.807, 2.05) is 0 Å². The summed E-state index contributed by atoms with van der Waals surface area (Å²) in [4.78, 5) is 0. The number of hydrogen-bond donors (Lipinski definition) is 0. The molecule has 0 amide bonds. The molecular formula is C21H39NO. The molecular weight excluding hydrogens is 282 g/mol. The van der Waals surface area contributed by atoms with Crippen LogP contribution >= 0.6 is 0 Å². The zero-order chi connectivity index (χ0) is 16.5. The van der Waals surface area contributed by atoms with Gasteiger partial charge < -0.3 is 9.96 Å². The van der Waals surface area contributed by atoms with Gasteiger partial charge in [-0.05, 0) is 26.7 Å². The topological polar surface area (TPSA) is 30.0 Å². The third kappa shape index (κ3) is 7.05. The molecule has 0 atom stereocenters. The molecule has 1 N–H and O–H groups in total. The first-order valence-electron chi connectivity index (χ1n) is 9.30. The van der Waals surface area contributed by atoms with Crippen molar-refractivity contribution in [3.05, 3.63) is 35.9 Å². The number of unbranched alkanes of at least 4 members (excludes halogenated alkanes) is 7. The molecule has 1 aromatic carbocycles. The minimum absolute atomic E-state index is 0. The summed E-state index contributed by atoms with van der Waals surface area (Å²) in [7, 11) is 4.77. The first kappa shape index (κ1) is 22.1. The fourth-order valence-corrected chi connectivity index (χ4v) is 3.12. The highest BCUT2D eigenvalue weighted by molar-refractivity contribution is 5.20. The summed E-state index contributed by atoms with van der Waals surface area (Å²) in [5.41, 5.74) is 1.61. The van der Waals surface area contributed by atoms with Crippen LogP contribution in [0.15, 0.2) is 30.3 Å². The van der Waals surface area contributed by atoms with E-state index in [-0.39, 0.29) is 11.0 Å². The lowest BCUT2D eigenvalue weighted by molar-refractivity contribution is -0.945. The Hall–Kier alpha value is -0.860. The molecule has 0 fully saturated rings. The Labute approximate surface area is 144 Å². The van der Waals surface area contributed by atoms with E-state index in [0.29, 0.717) is 0 Å². The summed E-state index contributed by atoms with van der Waals surface area (Å²) >= 11 is 0. The molecule has 0 aliphatic heterocycles. The van der Waals surface area contributed by atoms with Crippen LogP contribution in [0.5, 0.6) is 0 Å². The summed E-state index contributed by atoms with van der Waals surface area (Å²) in [6.45, 7) is 8.31. The van der Waals surface area contributed by atoms with Gasteiger partial charge in [0.2, 0.25) is 0 Å². The molecule has 0 unspecified atom stereocenters. The Bertz CT molecular complexity index is 398. The Balaban J connectivity index is 0.00000484. The molecule has 2 nitrogen and oxygen atoms in total. The molecule has 0 saturated carbocycles. The van der Waals surface area contributed by atoms with E-state index < -0.39 is 0 Å². The van der Waals surface area contributed by atoms with E-state index in [0.717, 1.165) is 4.48 Å². The van der Waals surface area contributed by atoms with Crippen LogP contribution in [0, 0.1) is 0 Å². The maximum Gasteiger partial charge on any atom is 0.119 e. The largest absolute Gasteiger partial charge is 0.870 e. The van der Waals surface area contributed by atoms with Crippen molar-refractivity contribution in [1.82, 2.24) is 0 Å². The van der Waals surface area contributed by atoms with Crippen LogP contribution in [0.3, 0.4) is 0 Å². The van der Waals surface area contributed by atoms with Gasteiger partial charge in [-0.1, -0.05) is 75.8 Å². The van der Waals surface area contributed by atoms with Crippen LogP contribution in [-0.2, 0) is 5.54 Å². The zero-order valence-corrected chi connectivity index (χ0v) is 16.1. The van der Waals surface area contributed by atoms with Crippen LogP contribution in [0.25, 0.3) is 0 Å². The quantitative estimate of drug-likeness (QED) is 0.365. The van der Waals surface area contributed by atoms with E-state index in [1.165, 1.54) is 63.5 Å². The van der Waals surface area contributed by atoms with Crippen molar-refractivity contribution in [3.8, 4) is 0 Å². The van der Waals surface area contributed by atoms with Crippen molar-refractivity contribution in [2.75, 3.05) is 20.6 Å². The Morgan fingerprint density at radius 3 is 1.78 bits per heavy atom. The molecule has 134 valence electrons. The average Bonchev–Trinajstić information content (AvgIpc) is 2.50. The molecule has 0 spiro atoms. The second-order valence-corrected chi connectivity index (χ2v) is 7.81. The first-order chi connectivity index (χ1) is 10.4. The molecule has 0 radical (unpaired) electrons. The molecule has 2 heteroatoms. The van der Waals surface area contributed by atoms with E-state index in [4.69, 9.17) is 0 Å². The Kier molecular flexibility index (Phi) is 10.4. The third-order valence-corrected chi connectivity index (χ3v) is 5.56. The summed E-state index contributed by atoms with van der Waals surface area (Å²) in [6, 6.07) is 11.0. The summed E-state index contributed by atoms with van der Waals surface area (Å²) in [6.07, 6.45) is 11.2. The van der Waals surface area contributed by atoms with Crippen LogP contribution in [0.4, 0.5) is 0 Å². The number of hydrogen-bond acceptors (Lipinski definition) is 1. The van der Waals surface area contributed by atoms with Gasteiger partial charge in [-0.15, -0.1) is 0 Å². The van der Waals surface area contributed by atoms with Crippen molar-refractivity contribution in [1.29, 1.82) is 0 Å². The smallest absolute Gasteiger partial charge is 0.119 e. The van der Waals surface area contributed by atoms with E-state index in [2.05, 4.69) is 65.2 Å². The predicted molar refractivity (Wildman–Crippen MR) is 101 cm³/mol. The third-order valence-electron chi connectivity index (χ3n) is 5.56. The molecule has 0 aliphatic rings. The van der Waals surface area contributed by atoms with E-state index >= 15 is 0 Å². The molecule has 0 aromatic heterocycles. The summed E-state index contributed by atoms with van der Waals surface area (Å²) in [5.74, 6) is 0. The summed E-state index contributed by atoms with van der Waals surface area (Å²) in [5, 5.41) is 0. The van der Waals surface area contributed by atoms with Gasteiger partial charge in [-0.3, -0.25) is 0 Å². The number of quaternary nitrogens is 1. The van der Waals surface area contributed by atoms with Crippen LogP contribution in [0.1, 0.15) is 77.7 Å². The van der Waals surface area contributed by atoms with Crippen molar-refractivity contribution in [2.24, 2.45) is 0 Å². The predicted octanol–water partition coefficient (Wildman–Crippen LogP) is 5.96. The molecule has 23 heavy (non-hydrogen) atoms. The molecule has 0 heterocycles. The molecule has 1 aromatic rings. The van der Waals surface area contributed by atoms with Crippen molar-refractivity contribution >= 4 is 0 Å². The normalized spacial score (nSPS) is 12.0. The average molecular weight is 322 g/mol. The zero-order valence-electron chi connectivity index (χ0n) is 16.1. The molecule has 1 rings (SSSR count). The maximum absolute atomic E-state index is 2.38. The first-order valence-corrected chi connectivity index (χ1v) is 9.30. The Morgan fingerprint density at radius 2 is 1.26 bits per heavy atom. The van der Waals surface area contributed by atoms with Crippen molar-refractivity contribution in [3.63, 3.8) is 0 Å². The van der Waals surface area contributed by atoms with Gasteiger partial charge in [0.15, 0.2) is 0 Å². The maximum atomic E-state index is 2.38. The van der Waals surface area contributed by atoms with Gasteiger partial charge in [0.25, 0.3) is 0 Å². The minimum atomic E-state index is 0. The molecule has 0 saturated heterocycles. The van der Waals surface area contributed by atoms with Crippen molar-refractivity contribution in [2.45, 2.75) is 77.7 Å². The molecule has 0 bridgehead atoms. The van der Waals surface area contributed by atoms with Crippen LogP contribution < -0.4 is 0 Å². The van der Waals surface area contributed by atoms with Gasteiger partial charge in [0.05, 0.1) is 20.6 Å². The standard InChI is InChI=1S/C21H38N.H2O/c1-6-7-8-9-10-11-12-16-19-22(4,5)21(2,3)20-17-14-13-15-18-20;/h13-15,17-18H,6-12,16,19H2,1-5H3;1H2/q+1;/p-1. The highest BCUT2D eigenvalue weighted by atomic mass is 16.0. The lowest BCUT2D eigenvalue weighted by atomic mass is 9.90. The SMILES string of the molecule is CCCCCCCCCC[N+](C)(C)C(C)(C)c1ccccc1.[OH-]. The number of benzene rings is 1.